The number of hydrogen-bond donors (Lipinski definition) is 1. The van der Waals surface area contributed by atoms with E-state index in [0.717, 1.165) is 39.4 Å². The van der Waals surface area contributed by atoms with Gasteiger partial charge in [0.25, 0.3) is 0 Å². The van der Waals surface area contributed by atoms with E-state index >= 15 is 0 Å². The molecule has 0 aliphatic heterocycles. The Balaban J connectivity index is 2.33. The third kappa shape index (κ3) is 3.50. The first-order valence-corrected chi connectivity index (χ1v) is 8.40. The summed E-state index contributed by atoms with van der Waals surface area (Å²) in [6.07, 6.45) is 1.52. The Hall–Kier alpha value is -0.840. The molecule has 0 aliphatic rings. The van der Waals surface area contributed by atoms with E-state index in [0.29, 0.717) is 6.42 Å². The molecule has 3 nitrogen and oxygen atoms in total. The average Bonchev–Trinajstić information content (AvgIpc) is 2.77. The number of hydrogen-bond acceptors (Lipinski definition) is 2. The van der Waals surface area contributed by atoms with E-state index in [4.69, 9.17) is 17.3 Å². The molecule has 0 saturated carbocycles. The van der Waals surface area contributed by atoms with Crippen LogP contribution in [-0.2, 0) is 19.4 Å². The van der Waals surface area contributed by atoms with Crippen molar-refractivity contribution in [3.05, 3.63) is 50.2 Å². The molecule has 0 bridgehead atoms. The number of benzene rings is 1. The summed E-state index contributed by atoms with van der Waals surface area (Å²) in [6, 6.07) is 6.12. The fraction of sp³-hybridized carbons (Fsp3) is 0.438. The van der Waals surface area contributed by atoms with E-state index in [9.17, 15) is 0 Å². The number of halogens is 2. The Morgan fingerprint density at radius 3 is 2.71 bits per heavy atom. The first kappa shape index (κ1) is 16.5. The lowest BCUT2D eigenvalue weighted by Crippen LogP contribution is -2.17. The molecular formula is C16H21BrClN3. The van der Waals surface area contributed by atoms with Crippen LogP contribution in [0.1, 0.15) is 42.4 Å². The van der Waals surface area contributed by atoms with E-state index in [-0.39, 0.29) is 6.04 Å². The minimum Gasteiger partial charge on any atom is -0.324 e. The Kier molecular flexibility index (Phi) is 5.47. The Morgan fingerprint density at radius 1 is 1.38 bits per heavy atom. The van der Waals surface area contributed by atoms with Crippen LogP contribution in [0.4, 0.5) is 0 Å². The van der Waals surface area contributed by atoms with Crippen molar-refractivity contribution in [1.82, 2.24) is 9.78 Å². The molecule has 1 heterocycles. The lowest BCUT2D eigenvalue weighted by atomic mass is 10.0. The number of aryl methyl sites for hydroxylation is 3. The van der Waals surface area contributed by atoms with Gasteiger partial charge < -0.3 is 5.73 Å². The quantitative estimate of drug-likeness (QED) is 0.846. The summed E-state index contributed by atoms with van der Waals surface area (Å²) in [5, 5.41) is 5.31. The van der Waals surface area contributed by atoms with Gasteiger partial charge in [0, 0.05) is 23.5 Å². The largest absolute Gasteiger partial charge is 0.324 e. The first-order chi connectivity index (χ1) is 9.97. The van der Waals surface area contributed by atoms with Crippen molar-refractivity contribution in [1.29, 1.82) is 0 Å². The van der Waals surface area contributed by atoms with Crippen LogP contribution in [0, 0.1) is 6.92 Å². The maximum atomic E-state index is 6.46. The van der Waals surface area contributed by atoms with Gasteiger partial charge in [-0.1, -0.05) is 52.2 Å². The summed E-state index contributed by atoms with van der Waals surface area (Å²) >= 11 is 10.0. The molecular weight excluding hydrogens is 350 g/mol. The van der Waals surface area contributed by atoms with Crippen molar-refractivity contribution in [3.8, 4) is 0 Å². The van der Waals surface area contributed by atoms with Crippen LogP contribution in [0.25, 0.3) is 0 Å². The smallest absolute Gasteiger partial charge is 0.0850 e. The van der Waals surface area contributed by atoms with E-state index < -0.39 is 0 Å². The van der Waals surface area contributed by atoms with Gasteiger partial charge in [-0.2, -0.15) is 5.10 Å². The molecule has 0 amide bonds. The van der Waals surface area contributed by atoms with Crippen molar-refractivity contribution >= 4 is 27.5 Å². The monoisotopic (exact) mass is 369 g/mol. The highest BCUT2D eigenvalue weighted by atomic mass is 79.9. The summed E-state index contributed by atoms with van der Waals surface area (Å²) in [4.78, 5) is 0. The topological polar surface area (TPSA) is 43.8 Å². The molecule has 2 aromatic rings. The number of rotatable bonds is 5. The van der Waals surface area contributed by atoms with Gasteiger partial charge in [0.05, 0.1) is 16.4 Å². The highest BCUT2D eigenvalue weighted by Gasteiger charge is 2.19. The summed E-state index contributed by atoms with van der Waals surface area (Å²) in [5.41, 5.74) is 10.7. The zero-order valence-electron chi connectivity index (χ0n) is 12.7. The Labute approximate surface area is 139 Å². The van der Waals surface area contributed by atoms with Gasteiger partial charge in [-0.05, 0) is 31.9 Å². The van der Waals surface area contributed by atoms with Crippen LogP contribution < -0.4 is 5.73 Å². The SMILES string of the molecule is CCc1nn(CC)c(CC(N)c2cc(C)ccc2Br)c1Cl. The lowest BCUT2D eigenvalue weighted by molar-refractivity contribution is 0.584. The van der Waals surface area contributed by atoms with Gasteiger partial charge in [0.1, 0.15) is 0 Å². The molecule has 0 fully saturated rings. The van der Waals surface area contributed by atoms with Crippen LogP contribution >= 0.6 is 27.5 Å². The summed E-state index contributed by atoms with van der Waals surface area (Å²) < 4.78 is 3.00. The minimum absolute atomic E-state index is 0.108. The van der Waals surface area contributed by atoms with E-state index in [2.05, 4.69) is 53.9 Å². The second-order valence-electron chi connectivity index (χ2n) is 5.21. The predicted molar refractivity (Wildman–Crippen MR) is 91.8 cm³/mol. The second-order valence-corrected chi connectivity index (χ2v) is 6.44. The third-order valence-electron chi connectivity index (χ3n) is 3.66. The number of nitrogens with zero attached hydrogens (tertiary/aromatic N) is 2. The molecule has 2 N–H and O–H groups in total. The predicted octanol–water partition coefficient (Wildman–Crippen LogP) is 4.43. The third-order valence-corrected chi connectivity index (χ3v) is 4.82. The molecule has 5 heteroatoms. The molecule has 0 radical (unpaired) electrons. The van der Waals surface area contributed by atoms with Crippen LogP contribution in [0.3, 0.4) is 0 Å². The maximum absolute atomic E-state index is 6.46. The van der Waals surface area contributed by atoms with Crippen molar-refractivity contribution in [2.45, 2.75) is 46.2 Å². The molecule has 0 aliphatic carbocycles. The molecule has 2 rings (SSSR count). The number of nitrogens with two attached hydrogens (primary N) is 1. The zero-order valence-corrected chi connectivity index (χ0v) is 15.0. The standard InChI is InChI=1S/C16H21BrClN3/c1-4-14-16(18)15(21(5-2)20-14)9-13(19)11-8-10(3)6-7-12(11)17/h6-8,13H,4-5,9,19H2,1-3H3. The van der Waals surface area contributed by atoms with Crippen molar-refractivity contribution in [3.63, 3.8) is 0 Å². The molecule has 0 saturated heterocycles. The molecule has 1 aromatic carbocycles. The molecule has 114 valence electrons. The molecule has 1 unspecified atom stereocenters. The van der Waals surface area contributed by atoms with Gasteiger partial charge in [-0.15, -0.1) is 0 Å². The molecule has 0 spiro atoms. The van der Waals surface area contributed by atoms with E-state index in [1.165, 1.54) is 5.56 Å². The molecule has 1 atom stereocenters. The fourth-order valence-corrected chi connectivity index (χ4v) is 3.36. The van der Waals surface area contributed by atoms with Gasteiger partial charge in [-0.25, -0.2) is 0 Å². The van der Waals surface area contributed by atoms with Gasteiger partial charge >= 0.3 is 0 Å². The highest BCUT2D eigenvalue weighted by molar-refractivity contribution is 9.10. The summed E-state index contributed by atoms with van der Waals surface area (Å²) in [7, 11) is 0. The zero-order chi connectivity index (χ0) is 15.6. The molecule has 1 aromatic heterocycles. The van der Waals surface area contributed by atoms with Crippen molar-refractivity contribution < 1.29 is 0 Å². The van der Waals surface area contributed by atoms with E-state index in [1.807, 2.05) is 10.7 Å². The van der Waals surface area contributed by atoms with Gasteiger partial charge in [0.15, 0.2) is 0 Å². The number of aromatic nitrogens is 2. The maximum Gasteiger partial charge on any atom is 0.0850 e. The average molecular weight is 371 g/mol. The van der Waals surface area contributed by atoms with Gasteiger partial charge in [0.2, 0.25) is 0 Å². The van der Waals surface area contributed by atoms with Crippen molar-refractivity contribution in [2.24, 2.45) is 5.73 Å². The van der Waals surface area contributed by atoms with Gasteiger partial charge in [-0.3, -0.25) is 4.68 Å². The second kappa shape index (κ2) is 6.95. The summed E-state index contributed by atoms with van der Waals surface area (Å²) in [6.45, 7) is 7.01. The van der Waals surface area contributed by atoms with Crippen LogP contribution in [-0.4, -0.2) is 9.78 Å². The molecule has 21 heavy (non-hydrogen) atoms. The Bertz CT molecular complexity index is 637. The first-order valence-electron chi connectivity index (χ1n) is 7.23. The lowest BCUT2D eigenvalue weighted by Gasteiger charge is -2.16. The van der Waals surface area contributed by atoms with E-state index in [1.54, 1.807) is 0 Å². The van der Waals surface area contributed by atoms with Crippen LogP contribution in [0.2, 0.25) is 5.02 Å². The van der Waals surface area contributed by atoms with Crippen LogP contribution in [0.5, 0.6) is 0 Å². The van der Waals surface area contributed by atoms with Crippen molar-refractivity contribution in [2.75, 3.05) is 0 Å². The normalized spacial score (nSPS) is 12.7. The summed E-state index contributed by atoms with van der Waals surface area (Å²) in [5.74, 6) is 0. The highest BCUT2D eigenvalue weighted by Crippen LogP contribution is 2.29. The Morgan fingerprint density at radius 2 is 2.10 bits per heavy atom. The van der Waals surface area contributed by atoms with Crippen LogP contribution in [0.15, 0.2) is 22.7 Å². The minimum atomic E-state index is -0.108. The fourth-order valence-electron chi connectivity index (χ4n) is 2.48.